The van der Waals surface area contributed by atoms with Gasteiger partial charge in [0.1, 0.15) is 5.75 Å². The van der Waals surface area contributed by atoms with Crippen LogP contribution in [0.1, 0.15) is 18.0 Å². The molecule has 2 aliphatic rings. The molecule has 3 unspecified atom stereocenters. The summed E-state index contributed by atoms with van der Waals surface area (Å²) in [6.07, 6.45) is 0.655. The lowest BCUT2D eigenvalue weighted by atomic mass is 9.83. The van der Waals surface area contributed by atoms with Crippen molar-refractivity contribution in [1.82, 2.24) is 9.47 Å². The minimum absolute atomic E-state index is 0.101. The number of fused-ring (bicyclic) bond motifs is 4. The molecule has 6 heteroatoms. The van der Waals surface area contributed by atoms with Crippen molar-refractivity contribution in [3.05, 3.63) is 58.5 Å². The third-order valence-electron chi connectivity index (χ3n) is 5.43. The second kappa shape index (κ2) is 7.13. The van der Waals surface area contributed by atoms with Crippen LogP contribution in [0, 0.1) is 5.92 Å². The van der Waals surface area contributed by atoms with E-state index in [1.807, 2.05) is 10.6 Å². The van der Waals surface area contributed by atoms with E-state index in [1.165, 1.54) is 0 Å². The molecule has 0 spiro atoms. The molecule has 2 bridgehead atoms. The van der Waals surface area contributed by atoms with Crippen molar-refractivity contribution in [2.75, 3.05) is 31.5 Å². The van der Waals surface area contributed by atoms with E-state index >= 15 is 0 Å². The Morgan fingerprint density at radius 1 is 1.12 bits per heavy atom. The van der Waals surface area contributed by atoms with Gasteiger partial charge in [-0.25, -0.2) is 0 Å². The largest absolute Gasteiger partial charge is 0.508 e. The molecule has 3 heterocycles. The fourth-order valence-corrected chi connectivity index (χ4v) is 4.32. The summed E-state index contributed by atoms with van der Waals surface area (Å²) in [5.41, 5.74) is 2.12. The number of phenolic OH excluding ortho intramolecular Hbond substituents is 1. The van der Waals surface area contributed by atoms with Crippen molar-refractivity contribution in [3.63, 3.8) is 0 Å². The summed E-state index contributed by atoms with van der Waals surface area (Å²) in [6.45, 7) is 3.68. The van der Waals surface area contributed by atoms with Gasteiger partial charge in [-0.3, -0.25) is 9.69 Å². The first kappa shape index (κ1) is 17.1. The molecule has 4 rings (SSSR count). The van der Waals surface area contributed by atoms with Gasteiger partial charge < -0.3 is 20.1 Å². The number of aliphatic hydroxyl groups excluding tert-OH is 1. The fraction of sp³-hybridized carbons (Fsp3) is 0.450. The standard InChI is InChI=1S/C20H25N3O3/c24-17-6-4-16(5-7-17)21-9-18(25)13-22-10-14-8-15(12-22)19-2-1-3-20(26)23(19)11-14/h1-7,14-15,18,21,24-25H,8-13H2. The van der Waals surface area contributed by atoms with Gasteiger partial charge in [0.2, 0.25) is 0 Å². The highest BCUT2D eigenvalue weighted by Crippen LogP contribution is 2.34. The van der Waals surface area contributed by atoms with Crippen LogP contribution in [0.15, 0.2) is 47.3 Å². The van der Waals surface area contributed by atoms with Crippen molar-refractivity contribution in [3.8, 4) is 5.75 Å². The van der Waals surface area contributed by atoms with Crippen molar-refractivity contribution in [2.24, 2.45) is 5.92 Å². The number of rotatable bonds is 5. The van der Waals surface area contributed by atoms with E-state index in [9.17, 15) is 15.0 Å². The smallest absolute Gasteiger partial charge is 0.250 e. The van der Waals surface area contributed by atoms with Gasteiger partial charge in [0, 0.05) is 56.1 Å². The lowest BCUT2D eigenvalue weighted by molar-refractivity contribution is 0.0676. The Morgan fingerprint density at radius 2 is 1.92 bits per heavy atom. The zero-order valence-corrected chi connectivity index (χ0v) is 14.7. The maximum atomic E-state index is 12.1. The molecule has 2 aromatic rings. The zero-order chi connectivity index (χ0) is 18.1. The Morgan fingerprint density at radius 3 is 2.73 bits per heavy atom. The van der Waals surface area contributed by atoms with Crippen LogP contribution >= 0.6 is 0 Å². The number of aromatic hydroxyl groups is 1. The van der Waals surface area contributed by atoms with Gasteiger partial charge >= 0.3 is 0 Å². The van der Waals surface area contributed by atoms with E-state index in [0.717, 1.165) is 37.4 Å². The van der Waals surface area contributed by atoms with Crippen LogP contribution < -0.4 is 10.9 Å². The summed E-state index contributed by atoms with van der Waals surface area (Å²) in [4.78, 5) is 14.4. The molecule has 3 N–H and O–H groups in total. The number of likely N-dealkylation sites (tertiary alicyclic amines) is 1. The SMILES string of the molecule is O=c1cccc2n1CC1CC2CN(CC(O)CNc2ccc(O)cc2)C1. The molecule has 0 saturated carbocycles. The van der Waals surface area contributed by atoms with Gasteiger partial charge in [0.15, 0.2) is 0 Å². The minimum Gasteiger partial charge on any atom is -0.508 e. The molecule has 3 atom stereocenters. The highest BCUT2D eigenvalue weighted by Gasteiger charge is 2.34. The Kier molecular flexibility index (Phi) is 4.70. The van der Waals surface area contributed by atoms with Gasteiger partial charge in [0.25, 0.3) is 5.56 Å². The molecule has 1 fully saturated rings. The number of β-amino-alcohol motifs (C(OH)–C–C–N with tert-alkyl or cyclic N) is 1. The monoisotopic (exact) mass is 355 g/mol. The number of hydrogen-bond donors (Lipinski definition) is 3. The van der Waals surface area contributed by atoms with Crippen molar-refractivity contribution in [1.29, 1.82) is 0 Å². The number of aromatic nitrogens is 1. The van der Waals surface area contributed by atoms with Crippen molar-refractivity contribution in [2.45, 2.75) is 25.0 Å². The minimum atomic E-state index is -0.472. The number of pyridine rings is 1. The number of anilines is 1. The molecule has 6 nitrogen and oxygen atoms in total. The van der Waals surface area contributed by atoms with Crippen LogP contribution in [-0.2, 0) is 6.54 Å². The molecule has 1 aromatic carbocycles. The van der Waals surface area contributed by atoms with E-state index in [4.69, 9.17) is 0 Å². The topological polar surface area (TPSA) is 77.7 Å². The summed E-state index contributed by atoms with van der Waals surface area (Å²) < 4.78 is 1.93. The van der Waals surface area contributed by atoms with Crippen LogP contribution in [0.4, 0.5) is 5.69 Å². The number of nitrogens with one attached hydrogen (secondary N) is 1. The maximum absolute atomic E-state index is 12.1. The predicted octanol–water partition coefficient (Wildman–Crippen LogP) is 1.45. The molecular formula is C20H25N3O3. The second-order valence-electron chi connectivity index (χ2n) is 7.50. The number of benzene rings is 1. The van der Waals surface area contributed by atoms with Crippen molar-refractivity contribution < 1.29 is 10.2 Å². The fourth-order valence-electron chi connectivity index (χ4n) is 4.32. The molecule has 1 aromatic heterocycles. The molecular weight excluding hydrogens is 330 g/mol. The maximum Gasteiger partial charge on any atom is 0.250 e. The molecule has 2 aliphatic heterocycles. The van der Waals surface area contributed by atoms with Gasteiger partial charge in [0.05, 0.1) is 6.10 Å². The molecule has 0 aliphatic carbocycles. The number of piperidine rings is 1. The predicted molar refractivity (Wildman–Crippen MR) is 101 cm³/mol. The summed E-state index contributed by atoms with van der Waals surface area (Å²) in [5.74, 6) is 1.07. The van der Waals surface area contributed by atoms with E-state index < -0.39 is 6.10 Å². The van der Waals surface area contributed by atoms with E-state index in [0.29, 0.717) is 24.9 Å². The van der Waals surface area contributed by atoms with Gasteiger partial charge in [-0.05, 0) is 42.7 Å². The Balaban J connectivity index is 1.35. The molecule has 0 amide bonds. The number of phenols is 1. The molecule has 138 valence electrons. The number of hydrogen-bond acceptors (Lipinski definition) is 5. The highest BCUT2D eigenvalue weighted by atomic mass is 16.3. The average molecular weight is 355 g/mol. The average Bonchev–Trinajstić information content (AvgIpc) is 2.62. The normalized spacial score (nSPS) is 23.3. The van der Waals surface area contributed by atoms with Crippen LogP contribution in [0.25, 0.3) is 0 Å². The summed E-state index contributed by atoms with van der Waals surface area (Å²) in [5, 5.41) is 22.9. The highest BCUT2D eigenvalue weighted by molar-refractivity contribution is 5.45. The first-order valence-electron chi connectivity index (χ1n) is 9.21. The summed E-state index contributed by atoms with van der Waals surface area (Å²) >= 11 is 0. The second-order valence-corrected chi connectivity index (χ2v) is 7.50. The van der Waals surface area contributed by atoms with Gasteiger partial charge in [-0.1, -0.05) is 6.07 Å². The van der Waals surface area contributed by atoms with Crippen LogP contribution in [0.5, 0.6) is 5.75 Å². The Hall–Kier alpha value is -2.31. The zero-order valence-electron chi connectivity index (χ0n) is 14.7. The van der Waals surface area contributed by atoms with E-state index in [2.05, 4.69) is 16.3 Å². The Bertz CT molecular complexity index is 818. The lowest BCUT2D eigenvalue weighted by Crippen LogP contribution is -2.49. The summed E-state index contributed by atoms with van der Waals surface area (Å²) in [7, 11) is 0. The third-order valence-corrected chi connectivity index (χ3v) is 5.43. The van der Waals surface area contributed by atoms with E-state index in [1.54, 1.807) is 30.3 Å². The quantitative estimate of drug-likeness (QED) is 0.708. The Labute approximate surface area is 152 Å². The van der Waals surface area contributed by atoms with Gasteiger partial charge in [-0.2, -0.15) is 0 Å². The first-order valence-corrected chi connectivity index (χ1v) is 9.21. The van der Waals surface area contributed by atoms with Crippen LogP contribution in [0.2, 0.25) is 0 Å². The van der Waals surface area contributed by atoms with Crippen LogP contribution in [-0.4, -0.2) is 52.0 Å². The molecule has 26 heavy (non-hydrogen) atoms. The first-order chi connectivity index (χ1) is 12.6. The number of nitrogens with zero attached hydrogens (tertiary/aromatic N) is 2. The molecule has 1 saturated heterocycles. The lowest BCUT2D eigenvalue weighted by Gasteiger charge is -2.43. The van der Waals surface area contributed by atoms with Crippen molar-refractivity contribution >= 4 is 5.69 Å². The molecule has 0 radical (unpaired) electrons. The van der Waals surface area contributed by atoms with Crippen LogP contribution in [0.3, 0.4) is 0 Å². The third kappa shape index (κ3) is 3.61. The van der Waals surface area contributed by atoms with Gasteiger partial charge in [-0.15, -0.1) is 0 Å². The van der Waals surface area contributed by atoms with E-state index in [-0.39, 0.29) is 11.3 Å². The number of aliphatic hydroxyl groups is 1. The summed E-state index contributed by atoms with van der Waals surface area (Å²) in [6, 6.07) is 12.4.